The number of halogens is 4. The van der Waals surface area contributed by atoms with E-state index in [2.05, 4.69) is 9.89 Å². The average Bonchev–Trinajstić information content (AvgIpc) is 2.49. The van der Waals surface area contributed by atoms with Crippen molar-refractivity contribution in [2.24, 2.45) is 5.16 Å². The fourth-order valence-electron chi connectivity index (χ4n) is 1.97. The number of hydrogen-bond acceptors (Lipinski definition) is 4. The van der Waals surface area contributed by atoms with Gasteiger partial charge in [-0.05, 0) is 30.7 Å². The number of nitrogens with zero attached hydrogens (tertiary/aromatic N) is 1. The van der Waals surface area contributed by atoms with E-state index < -0.39 is 6.36 Å². The number of aromatic hydroxyl groups is 1. The number of phenols is 1. The Kier molecular flexibility index (Phi) is 4.70. The van der Waals surface area contributed by atoms with Crippen molar-refractivity contribution in [1.82, 2.24) is 0 Å². The second-order valence-electron chi connectivity index (χ2n) is 4.58. The van der Waals surface area contributed by atoms with Crippen LogP contribution in [0.15, 0.2) is 41.6 Å². The number of hydrogen-bond donors (Lipinski definition) is 2. The highest BCUT2D eigenvalue weighted by molar-refractivity contribution is 6.35. The first kappa shape index (κ1) is 17.0. The van der Waals surface area contributed by atoms with Gasteiger partial charge in [0.1, 0.15) is 11.5 Å². The Labute approximate surface area is 134 Å². The molecule has 2 N–H and O–H groups in total. The fourth-order valence-corrected chi connectivity index (χ4v) is 2.24. The van der Waals surface area contributed by atoms with E-state index in [-0.39, 0.29) is 27.8 Å². The molecular weight excluding hydrogens is 335 g/mol. The lowest BCUT2D eigenvalue weighted by Gasteiger charge is -2.12. The molecule has 0 spiro atoms. The molecule has 0 fully saturated rings. The summed E-state index contributed by atoms with van der Waals surface area (Å²) in [4.78, 5) is 0. The quantitative estimate of drug-likeness (QED) is 0.477. The molecule has 0 atom stereocenters. The van der Waals surface area contributed by atoms with Gasteiger partial charge in [0.15, 0.2) is 0 Å². The lowest BCUT2D eigenvalue weighted by Crippen LogP contribution is -2.16. The smallest absolute Gasteiger partial charge is 0.506 e. The molecule has 2 aromatic carbocycles. The predicted octanol–water partition coefficient (Wildman–Crippen LogP) is 4.81. The lowest BCUT2D eigenvalue weighted by molar-refractivity contribution is -0.274. The van der Waals surface area contributed by atoms with Crippen LogP contribution in [0.5, 0.6) is 11.5 Å². The average molecular weight is 346 g/mol. The molecule has 122 valence electrons. The molecule has 8 heteroatoms. The molecule has 23 heavy (non-hydrogen) atoms. The van der Waals surface area contributed by atoms with Gasteiger partial charge in [0.05, 0.1) is 10.7 Å². The largest absolute Gasteiger partial charge is 0.573 e. The maximum Gasteiger partial charge on any atom is 0.573 e. The highest BCUT2D eigenvalue weighted by atomic mass is 35.5. The number of rotatable bonds is 3. The number of ether oxygens (including phenoxy) is 1. The first-order valence-corrected chi connectivity index (χ1v) is 6.67. The predicted molar refractivity (Wildman–Crippen MR) is 79.2 cm³/mol. The summed E-state index contributed by atoms with van der Waals surface area (Å²) in [6, 6.07) is 8.11. The van der Waals surface area contributed by atoms with Crippen LogP contribution in [0.1, 0.15) is 12.5 Å². The topological polar surface area (TPSA) is 62.1 Å². The summed E-state index contributed by atoms with van der Waals surface area (Å²) >= 11 is 6.08. The van der Waals surface area contributed by atoms with Crippen molar-refractivity contribution in [2.45, 2.75) is 13.3 Å². The molecule has 0 aliphatic rings. The van der Waals surface area contributed by atoms with Crippen LogP contribution in [-0.4, -0.2) is 22.4 Å². The van der Waals surface area contributed by atoms with E-state index in [1.807, 2.05) is 0 Å². The molecule has 0 heterocycles. The van der Waals surface area contributed by atoms with Crippen LogP contribution >= 0.6 is 11.6 Å². The van der Waals surface area contributed by atoms with Crippen LogP contribution in [0.25, 0.3) is 11.1 Å². The SMILES string of the molecule is C/C(=N\O)c1ccc(-c2ccc(OC(F)(F)F)cc2)c(Cl)c1O. The normalized spacial score (nSPS) is 12.3. The Balaban J connectivity index is 2.38. The number of oxime groups is 1. The lowest BCUT2D eigenvalue weighted by atomic mass is 10.0. The third-order valence-electron chi connectivity index (χ3n) is 3.05. The standard InChI is InChI=1S/C15H11ClF3NO3/c1-8(20-22)11-6-7-12(13(16)14(11)21)9-2-4-10(5-3-9)23-15(17,18)19/h2-7,21-22H,1H3/b20-8+. The van der Waals surface area contributed by atoms with Gasteiger partial charge in [0, 0.05) is 11.1 Å². The summed E-state index contributed by atoms with van der Waals surface area (Å²) < 4.78 is 40.2. The molecule has 0 aromatic heterocycles. The summed E-state index contributed by atoms with van der Waals surface area (Å²) in [5, 5.41) is 21.8. The minimum atomic E-state index is -4.76. The van der Waals surface area contributed by atoms with Gasteiger partial charge in [-0.15, -0.1) is 13.2 Å². The maximum absolute atomic E-state index is 12.1. The van der Waals surface area contributed by atoms with Gasteiger partial charge in [-0.1, -0.05) is 35.0 Å². The molecule has 0 aliphatic heterocycles. The highest BCUT2D eigenvalue weighted by Crippen LogP contribution is 2.38. The first-order valence-electron chi connectivity index (χ1n) is 6.29. The van der Waals surface area contributed by atoms with Crippen molar-refractivity contribution in [3.63, 3.8) is 0 Å². The van der Waals surface area contributed by atoms with Crippen molar-refractivity contribution in [1.29, 1.82) is 0 Å². The Morgan fingerprint density at radius 1 is 1.13 bits per heavy atom. The van der Waals surface area contributed by atoms with Gasteiger partial charge in [0.2, 0.25) is 0 Å². The van der Waals surface area contributed by atoms with E-state index in [0.717, 1.165) is 12.1 Å². The van der Waals surface area contributed by atoms with Crippen LogP contribution in [0.4, 0.5) is 13.2 Å². The van der Waals surface area contributed by atoms with Gasteiger partial charge in [-0.3, -0.25) is 0 Å². The zero-order valence-electron chi connectivity index (χ0n) is 11.7. The van der Waals surface area contributed by atoms with Crippen molar-refractivity contribution in [2.75, 3.05) is 0 Å². The molecule has 0 aliphatic carbocycles. The van der Waals surface area contributed by atoms with E-state index in [4.69, 9.17) is 16.8 Å². The monoisotopic (exact) mass is 345 g/mol. The van der Waals surface area contributed by atoms with Gasteiger partial charge in [0.25, 0.3) is 0 Å². The van der Waals surface area contributed by atoms with Crippen molar-refractivity contribution in [3.8, 4) is 22.6 Å². The van der Waals surface area contributed by atoms with Crippen LogP contribution in [0.2, 0.25) is 5.02 Å². The molecule has 0 radical (unpaired) electrons. The van der Waals surface area contributed by atoms with Crippen LogP contribution in [0.3, 0.4) is 0 Å². The zero-order chi connectivity index (χ0) is 17.2. The zero-order valence-corrected chi connectivity index (χ0v) is 12.5. The molecular formula is C15H11ClF3NO3. The minimum absolute atomic E-state index is 0.00464. The first-order chi connectivity index (χ1) is 10.7. The van der Waals surface area contributed by atoms with E-state index in [9.17, 15) is 18.3 Å². The van der Waals surface area contributed by atoms with E-state index in [0.29, 0.717) is 11.1 Å². The van der Waals surface area contributed by atoms with E-state index >= 15 is 0 Å². The molecule has 0 unspecified atom stereocenters. The number of benzene rings is 2. The van der Waals surface area contributed by atoms with Gasteiger partial charge < -0.3 is 15.1 Å². The molecule has 2 rings (SSSR count). The summed E-state index contributed by atoms with van der Waals surface area (Å²) in [6.07, 6.45) is -4.76. The van der Waals surface area contributed by atoms with Gasteiger partial charge >= 0.3 is 6.36 Å². The Bertz CT molecular complexity index is 743. The fraction of sp³-hybridized carbons (Fsp3) is 0.133. The molecule has 2 aromatic rings. The third-order valence-corrected chi connectivity index (χ3v) is 3.44. The summed E-state index contributed by atoms with van der Waals surface area (Å²) in [5.74, 6) is -0.642. The molecule has 0 amide bonds. The number of phenolic OH excluding ortho intramolecular Hbond substituents is 1. The van der Waals surface area contributed by atoms with Crippen LogP contribution < -0.4 is 4.74 Å². The minimum Gasteiger partial charge on any atom is -0.506 e. The molecule has 0 saturated carbocycles. The third kappa shape index (κ3) is 3.87. The van der Waals surface area contributed by atoms with Crippen molar-refractivity contribution in [3.05, 3.63) is 47.0 Å². The summed E-state index contributed by atoms with van der Waals surface area (Å²) in [5.41, 5.74) is 1.32. The second-order valence-corrected chi connectivity index (χ2v) is 4.96. The molecule has 4 nitrogen and oxygen atoms in total. The van der Waals surface area contributed by atoms with Crippen molar-refractivity contribution < 1.29 is 28.2 Å². The van der Waals surface area contributed by atoms with E-state index in [1.54, 1.807) is 6.07 Å². The summed E-state index contributed by atoms with van der Waals surface area (Å²) in [6.45, 7) is 1.48. The van der Waals surface area contributed by atoms with E-state index in [1.165, 1.54) is 25.1 Å². The molecule has 0 saturated heterocycles. The Hall–Kier alpha value is -2.41. The Morgan fingerprint density at radius 2 is 1.74 bits per heavy atom. The summed E-state index contributed by atoms with van der Waals surface area (Å²) in [7, 11) is 0. The van der Waals surface area contributed by atoms with Crippen molar-refractivity contribution >= 4 is 17.3 Å². The Morgan fingerprint density at radius 3 is 2.26 bits per heavy atom. The maximum atomic E-state index is 12.1. The van der Waals surface area contributed by atoms with Crippen LogP contribution in [-0.2, 0) is 0 Å². The number of alkyl halides is 3. The van der Waals surface area contributed by atoms with Gasteiger partial charge in [-0.25, -0.2) is 0 Å². The van der Waals surface area contributed by atoms with Crippen LogP contribution in [0, 0.1) is 0 Å². The highest BCUT2D eigenvalue weighted by Gasteiger charge is 2.31. The van der Waals surface area contributed by atoms with Gasteiger partial charge in [-0.2, -0.15) is 0 Å². The molecule has 0 bridgehead atoms. The second kappa shape index (κ2) is 6.37.